The molecule has 0 radical (unpaired) electrons. The molecule has 0 amide bonds. The average Bonchev–Trinajstić information content (AvgIpc) is 2.18. The van der Waals surface area contributed by atoms with Crippen molar-refractivity contribution < 1.29 is 5.11 Å². The first kappa shape index (κ1) is 12.0. The lowest BCUT2D eigenvalue weighted by Crippen LogP contribution is -2.12. The minimum absolute atomic E-state index is 0.0211. The molecule has 15 heavy (non-hydrogen) atoms. The Morgan fingerprint density at radius 1 is 1.73 bits per heavy atom. The summed E-state index contributed by atoms with van der Waals surface area (Å²) in [5.41, 5.74) is 5.84. The highest BCUT2D eigenvalue weighted by atomic mass is 32.2. The fourth-order valence-corrected chi connectivity index (χ4v) is 2.11. The largest absolute Gasteiger partial charge is 0.396 e. The molecular formula is C10H15N3OS. The average molecular weight is 225 g/mol. The van der Waals surface area contributed by atoms with E-state index in [9.17, 15) is 0 Å². The van der Waals surface area contributed by atoms with Crippen LogP contribution in [0.3, 0.4) is 0 Å². The quantitative estimate of drug-likeness (QED) is 0.400. The zero-order valence-corrected chi connectivity index (χ0v) is 9.42. The fraction of sp³-hybridized carbons (Fsp3) is 0.400. The number of nitrogens with one attached hydrogen (secondary N) is 1. The lowest BCUT2D eigenvalue weighted by Gasteiger charge is -2.09. The van der Waals surface area contributed by atoms with Gasteiger partial charge in [-0.15, -0.1) is 11.8 Å². The molecule has 0 saturated heterocycles. The molecule has 1 unspecified atom stereocenters. The maximum Gasteiger partial charge on any atom is 0.141 e. The van der Waals surface area contributed by atoms with Crippen LogP contribution in [0.4, 0.5) is 0 Å². The Bertz CT molecular complexity index is 343. The smallest absolute Gasteiger partial charge is 0.141 e. The Kier molecular flexibility index (Phi) is 4.58. The molecule has 0 aliphatic carbocycles. The second kappa shape index (κ2) is 5.72. The number of hydrogen-bond donors (Lipinski definition) is 3. The molecule has 4 nitrogen and oxygen atoms in total. The number of pyridine rings is 1. The van der Waals surface area contributed by atoms with Gasteiger partial charge in [-0.25, -0.2) is 0 Å². The van der Waals surface area contributed by atoms with Crippen LogP contribution in [0, 0.1) is 5.41 Å². The molecular weight excluding hydrogens is 210 g/mol. The molecule has 0 saturated carbocycles. The van der Waals surface area contributed by atoms with E-state index < -0.39 is 0 Å². The normalized spacial score (nSPS) is 12.4. The van der Waals surface area contributed by atoms with E-state index >= 15 is 0 Å². The highest BCUT2D eigenvalue weighted by molar-refractivity contribution is 7.99. The van der Waals surface area contributed by atoms with Gasteiger partial charge < -0.3 is 10.8 Å². The number of rotatable bonds is 5. The summed E-state index contributed by atoms with van der Waals surface area (Å²) in [6, 6.07) is 3.67. The van der Waals surface area contributed by atoms with Crippen LogP contribution in [0.2, 0.25) is 0 Å². The van der Waals surface area contributed by atoms with Gasteiger partial charge in [0.2, 0.25) is 0 Å². The predicted molar refractivity (Wildman–Crippen MR) is 62.3 cm³/mol. The summed E-state index contributed by atoms with van der Waals surface area (Å²) in [6.45, 7) is 2.24. The second-order valence-electron chi connectivity index (χ2n) is 3.23. The molecule has 1 aromatic rings. The van der Waals surface area contributed by atoms with Crippen LogP contribution in [0.25, 0.3) is 0 Å². The Balaban J connectivity index is 2.69. The maximum atomic E-state index is 8.78. The Morgan fingerprint density at radius 3 is 3.07 bits per heavy atom. The van der Waals surface area contributed by atoms with Gasteiger partial charge in [-0.2, -0.15) is 0 Å². The standard InChI is InChI=1S/C10H15N3OS/c1-7(3-5-14)15-8-2-4-13-9(6-8)10(11)12/h2,4,6-7,14H,3,5H2,1H3,(H3,11,12). The summed E-state index contributed by atoms with van der Waals surface area (Å²) in [7, 11) is 0. The predicted octanol–water partition coefficient (Wildman–Crippen LogP) is 1.23. The van der Waals surface area contributed by atoms with Crippen LogP contribution >= 0.6 is 11.8 Å². The third-order valence-electron chi connectivity index (χ3n) is 1.88. The van der Waals surface area contributed by atoms with Gasteiger partial charge in [0.05, 0.1) is 0 Å². The zero-order chi connectivity index (χ0) is 11.3. The van der Waals surface area contributed by atoms with Crippen LogP contribution < -0.4 is 5.73 Å². The summed E-state index contributed by atoms with van der Waals surface area (Å²) in [4.78, 5) is 5.00. The Hall–Kier alpha value is -1.07. The minimum Gasteiger partial charge on any atom is -0.396 e. The molecule has 0 aliphatic rings. The third kappa shape index (κ3) is 3.89. The number of nitrogens with two attached hydrogens (primary N) is 1. The highest BCUT2D eigenvalue weighted by Crippen LogP contribution is 2.24. The van der Waals surface area contributed by atoms with Crippen LogP contribution in [-0.2, 0) is 0 Å². The first-order chi connectivity index (χ1) is 7.13. The number of amidine groups is 1. The third-order valence-corrected chi connectivity index (χ3v) is 3.04. The van der Waals surface area contributed by atoms with Crippen LogP contribution in [0.5, 0.6) is 0 Å². The Morgan fingerprint density at radius 2 is 2.47 bits per heavy atom. The van der Waals surface area contributed by atoms with E-state index in [4.69, 9.17) is 16.2 Å². The lowest BCUT2D eigenvalue weighted by molar-refractivity contribution is 0.289. The fourth-order valence-electron chi connectivity index (χ4n) is 1.10. The number of nitrogens with zero attached hydrogens (tertiary/aromatic N) is 1. The van der Waals surface area contributed by atoms with Crippen molar-refractivity contribution in [1.82, 2.24) is 4.98 Å². The summed E-state index contributed by atoms with van der Waals surface area (Å²) in [5, 5.41) is 16.4. The first-order valence-corrected chi connectivity index (χ1v) is 5.59. The van der Waals surface area contributed by atoms with E-state index in [1.54, 1.807) is 24.0 Å². The van der Waals surface area contributed by atoms with E-state index in [0.29, 0.717) is 10.9 Å². The summed E-state index contributed by atoms with van der Waals surface area (Å²) < 4.78 is 0. The van der Waals surface area contributed by atoms with Gasteiger partial charge in [-0.3, -0.25) is 10.4 Å². The molecule has 0 bridgehead atoms. The molecule has 82 valence electrons. The molecule has 1 heterocycles. The zero-order valence-electron chi connectivity index (χ0n) is 8.60. The van der Waals surface area contributed by atoms with Crippen molar-refractivity contribution in [1.29, 1.82) is 5.41 Å². The van der Waals surface area contributed by atoms with Crippen molar-refractivity contribution >= 4 is 17.6 Å². The Labute approximate surface area is 93.4 Å². The van der Waals surface area contributed by atoms with E-state index in [0.717, 1.165) is 11.3 Å². The molecule has 0 aliphatic heterocycles. The van der Waals surface area contributed by atoms with Gasteiger partial charge >= 0.3 is 0 Å². The maximum absolute atomic E-state index is 8.78. The topological polar surface area (TPSA) is 83.0 Å². The number of aliphatic hydroxyl groups excluding tert-OH is 1. The van der Waals surface area contributed by atoms with Gasteiger partial charge in [0, 0.05) is 22.9 Å². The minimum atomic E-state index is -0.0211. The summed E-state index contributed by atoms with van der Waals surface area (Å²) in [5.74, 6) is -0.0211. The van der Waals surface area contributed by atoms with Crippen molar-refractivity contribution in [3.63, 3.8) is 0 Å². The van der Waals surface area contributed by atoms with E-state index in [2.05, 4.69) is 11.9 Å². The molecule has 0 fully saturated rings. The number of hydrogen-bond acceptors (Lipinski definition) is 4. The molecule has 1 rings (SSSR count). The second-order valence-corrected chi connectivity index (χ2v) is 4.74. The van der Waals surface area contributed by atoms with Crippen molar-refractivity contribution in [3.8, 4) is 0 Å². The molecule has 4 N–H and O–H groups in total. The van der Waals surface area contributed by atoms with E-state index in [1.807, 2.05) is 6.07 Å². The van der Waals surface area contributed by atoms with E-state index in [-0.39, 0.29) is 12.4 Å². The van der Waals surface area contributed by atoms with Crippen LogP contribution in [-0.4, -0.2) is 27.8 Å². The number of nitrogen functional groups attached to an aromatic ring is 1. The van der Waals surface area contributed by atoms with E-state index in [1.165, 1.54) is 0 Å². The SMILES string of the molecule is CC(CCO)Sc1ccnc(C(=N)N)c1. The van der Waals surface area contributed by atoms with Crippen LogP contribution in [0.15, 0.2) is 23.2 Å². The van der Waals surface area contributed by atoms with Gasteiger partial charge in [0.1, 0.15) is 11.5 Å². The van der Waals surface area contributed by atoms with Crippen molar-refractivity contribution in [3.05, 3.63) is 24.0 Å². The molecule has 0 aromatic carbocycles. The number of thioether (sulfide) groups is 1. The molecule has 5 heteroatoms. The molecule has 1 atom stereocenters. The van der Waals surface area contributed by atoms with Gasteiger partial charge in [0.25, 0.3) is 0 Å². The van der Waals surface area contributed by atoms with Gasteiger partial charge in [-0.1, -0.05) is 6.92 Å². The van der Waals surface area contributed by atoms with Crippen molar-refractivity contribution in [2.24, 2.45) is 5.73 Å². The van der Waals surface area contributed by atoms with Crippen molar-refractivity contribution in [2.75, 3.05) is 6.61 Å². The van der Waals surface area contributed by atoms with Crippen molar-refractivity contribution in [2.45, 2.75) is 23.5 Å². The van der Waals surface area contributed by atoms with Gasteiger partial charge in [-0.05, 0) is 18.6 Å². The van der Waals surface area contributed by atoms with Gasteiger partial charge in [0.15, 0.2) is 0 Å². The highest BCUT2D eigenvalue weighted by Gasteiger charge is 2.05. The number of aromatic nitrogens is 1. The number of aliphatic hydroxyl groups is 1. The summed E-state index contributed by atoms with van der Waals surface area (Å²) >= 11 is 1.65. The van der Waals surface area contributed by atoms with Crippen LogP contribution in [0.1, 0.15) is 19.0 Å². The lowest BCUT2D eigenvalue weighted by atomic mass is 10.3. The first-order valence-electron chi connectivity index (χ1n) is 4.71. The molecule has 0 spiro atoms. The molecule has 1 aromatic heterocycles. The summed E-state index contributed by atoms with van der Waals surface area (Å²) in [6.07, 6.45) is 2.40. The monoisotopic (exact) mass is 225 g/mol.